The quantitative estimate of drug-likeness (QED) is 0.151. The van der Waals surface area contributed by atoms with Gasteiger partial charge in [-0.3, -0.25) is 4.90 Å². The lowest BCUT2D eigenvalue weighted by atomic mass is 9.71. The van der Waals surface area contributed by atoms with Crippen LogP contribution in [0.25, 0.3) is 0 Å². The standard InChI is InChI=1S/C39H51ClN4O/c1-6-44(7-2)36(27-30-18-20-32(21-19-30)39(3,4)42-34-24-22-33(40)23-25-34)37-41-35(26-29-14-10-8-11-15-29)38(45-37)43(5)28-31-16-12-9-13-17-31/h8-17,22-25,30,32,36,42H,6-7,18-21,26-28H2,1-5H3. The van der Waals surface area contributed by atoms with Gasteiger partial charge in [-0.05, 0) is 93.4 Å². The fourth-order valence-electron chi connectivity index (χ4n) is 7.15. The monoisotopic (exact) mass is 626 g/mol. The fraction of sp³-hybridized carbons (Fsp3) is 0.462. The van der Waals surface area contributed by atoms with E-state index in [9.17, 15) is 0 Å². The van der Waals surface area contributed by atoms with Crippen LogP contribution in [0.15, 0.2) is 89.3 Å². The Hall–Kier alpha value is -3.28. The molecule has 3 aromatic carbocycles. The maximum atomic E-state index is 6.81. The van der Waals surface area contributed by atoms with Gasteiger partial charge in [0.25, 0.3) is 0 Å². The molecule has 45 heavy (non-hydrogen) atoms. The van der Waals surface area contributed by atoms with Crippen LogP contribution in [0.3, 0.4) is 0 Å². The van der Waals surface area contributed by atoms with Crippen LogP contribution in [-0.2, 0) is 13.0 Å². The molecule has 4 aromatic rings. The van der Waals surface area contributed by atoms with Gasteiger partial charge in [0.05, 0.1) is 6.04 Å². The molecule has 1 N–H and O–H groups in total. The molecule has 1 heterocycles. The van der Waals surface area contributed by atoms with Crippen LogP contribution in [0.4, 0.5) is 11.6 Å². The van der Waals surface area contributed by atoms with E-state index in [4.69, 9.17) is 21.0 Å². The molecule has 240 valence electrons. The summed E-state index contributed by atoms with van der Waals surface area (Å²) in [6, 6.07) is 29.5. The Morgan fingerprint density at radius 3 is 2.07 bits per heavy atom. The van der Waals surface area contributed by atoms with Gasteiger partial charge in [0.2, 0.25) is 11.8 Å². The van der Waals surface area contributed by atoms with Gasteiger partial charge < -0.3 is 14.6 Å². The minimum atomic E-state index is 0.0181. The van der Waals surface area contributed by atoms with E-state index in [-0.39, 0.29) is 11.6 Å². The van der Waals surface area contributed by atoms with Gasteiger partial charge in [0.15, 0.2) is 0 Å². The lowest BCUT2D eigenvalue weighted by molar-refractivity contribution is 0.128. The van der Waals surface area contributed by atoms with Crippen molar-refractivity contribution < 1.29 is 4.42 Å². The van der Waals surface area contributed by atoms with Crippen molar-refractivity contribution in [2.45, 2.75) is 84.3 Å². The van der Waals surface area contributed by atoms with Crippen LogP contribution in [0.2, 0.25) is 5.02 Å². The Bertz CT molecular complexity index is 1440. The largest absolute Gasteiger partial charge is 0.423 e. The average Bonchev–Trinajstić information content (AvgIpc) is 3.47. The van der Waals surface area contributed by atoms with Crippen LogP contribution in [0.5, 0.6) is 0 Å². The summed E-state index contributed by atoms with van der Waals surface area (Å²) in [5, 5.41) is 4.57. The summed E-state index contributed by atoms with van der Waals surface area (Å²) in [5.74, 6) is 3.02. The fourth-order valence-corrected chi connectivity index (χ4v) is 7.28. The van der Waals surface area contributed by atoms with Gasteiger partial charge in [-0.1, -0.05) is 99.0 Å². The number of nitrogens with zero attached hydrogens (tertiary/aromatic N) is 3. The summed E-state index contributed by atoms with van der Waals surface area (Å²) in [6.45, 7) is 11.9. The van der Waals surface area contributed by atoms with Crippen molar-refractivity contribution in [3.8, 4) is 0 Å². The molecule has 5 nitrogen and oxygen atoms in total. The first-order valence-electron chi connectivity index (χ1n) is 16.8. The molecule has 1 aliphatic carbocycles. The molecule has 0 bridgehead atoms. The average molecular weight is 627 g/mol. The Kier molecular flexibility index (Phi) is 11.3. The Labute approximate surface area is 276 Å². The van der Waals surface area contributed by atoms with Crippen molar-refractivity contribution in [3.63, 3.8) is 0 Å². The van der Waals surface area contributed by atoms with Gasteiger partial charge in [-0.25, -0.2) is 4.98 Å². The van der Waals surface area contributed by atoms with Crippen molar-refractivity contribution in [2.75, 3.05) is 30.4 Å². The van der Waals surface area contributed by atoms with Crippen molar-refractivity contribution in [3.05, 3.63) is 113 Å². The SMILES string of the molecule is CCN(CC)C(CC1CCC(C(C)(C)Nc2ccc(Cl)cc2)CC1)c1nc(Cc2ccccc2)c(N(C)Cc2ccccc2)o1. The summed E-state index contributed by atoms with van der Waals surface area (Å²) < 4.78 is 6.81. The number of aromatic nitrogens is 1. The zero-order valence-corrected chi connectivity index (χ0v) is 28.6. The number of halogens is 1. The molecule has 1 fully saturated rings. The predicted molar refractivity (Wildman–Crippen MR) is 189 cm³/mol. The highest BCUT2D eigenvalue weighted by atomic mass is 35.5. The topological polar surface area (TPSA) is 44.5 Å². The van der Waals surface area contributed by atoms with Gasteiger partial charge >= 0.3 is 0 Å². The zero-order valence-electron chi connectivity index (χ0n) is 27.8. The second kappa shape index (κ2) is 15.3. The van der Waals surface area contributed by atoms with Gasteiger partial charge in [0, 0.05) is 36.3 Å². The summed E-state index contributed by atoms with van der Waals surface area (Å²) in [5.41, 5.74) is 4.68. The number of benzene rings is 3. The van der Waals surface area contributed by atoms with E-state index in [1.807, 2.05) is 12.1 Å². The van der Waals surface area contributed by atoms with Crippen LogP contribution >= 0.6 is 11.6 Å². The van der Waals surface area contributed by atoms with Crippen LogP contribution in [0, 0.1) is 11.8 Å². The molecule has 0 amide bonds. The number of oxazole rings is 1. The maximum absolute atomic E-state index is 6.81. The maximum Gasteiger partial charge on any atom is 0.220 e. The van der Waals surface area contributed by atoms with Crippen molar-refractivity contribution in [1.82, 2.24) is 9.88 Å². The third kappa shape index (κ3) is 8.71. The van der Waals surface area contributed by atoms with Gasteiger partial charge in [0.1, 0.15) is 5.69 Å². The summed E-state index contributed by atoms with van der Waals surface area (Å²) in [7, 11) is 2.12. The van der Waals surface area contributed by atoms with Crippen LogP contribution in [0.1, 0.15) is 88.6 Å². The number of hydrogen-bond donors (Lipinski definition) is 1. The Balaban J connectivity index is 1.33. The number of nitrogens with one attached hydrogen (secondary N) is 1. The lowest BCUT2D eigenvalue weighted by Crippen LogP contribution is -2.41. The third-order valence-corrected chi connectivity index (χ3v) is 10.0. The van der Waals surface area contributed by atoms with E-state index in [0.717, 1.165) is 60.7 Å². The molecule has 0 aliphatic heterocycles. The normalized spacial score (nSPS) is 17.8. The summed E-state index contributed by atoms with van der Waals surface area (Å²) in [4.78, 5) is 10.1. The van der Waals surface area contributed by atoms with E-state index in [1.165, 1.54) is 36.8 Å². The summed E-state index contributed by atoms with van der Waals surface area (Å²) >= 11 is 6.13. The third-order valence-electron chi connectivity index (χ3n) is 9.79. The van der Waals surface area contributed by atoms with Crippen molar-refractivity contribution in [2.24, 2.45) is 11.8 Å². The number of rotatable bonds is 14. The molecule has 1 unspecified atom stereocenters. The summed E-state index contributed by atoms with van der Waals surface area (Å²) in [6.07, 6.45) is 6.73. The molecule has 6 heteroatoms. The van der Waals surface area contributed by atoms with E-state index in [2.05, 4.69) is 123 Å². The number of hydrogen-bond acceptors (Lipinski definition) is 5. The van der Waals surface area contributed by atoms with Crippen LogP contribution < -0.4 is 10.2 Å². The molecule has 1 saturated carbocycles. The minimum Gasteiger partial charge on any atom is -0.423 e. The molecule has 1 aliphatic rings. The molecule has 0 spiro atoms. The highest BCUT2D eigenvalue weighted by Gasteiger charge is 2.36. The molecule has 0 saturated heterocycles. The highest BCUT2D eigenvalue weighted by Crippen LogP contribution is 2.42. The van der Waals surface area contributed by atoms with Crippen molar-refractivity contribution in [1.29, 1.82) is 0 Å². The Morgan fingerprint density at radius 1 is 0.867 bits per heavy atom. The molecule has 5 rings (SSSR count). The van der Waals surface area contributed by atoms with E-state index in [0.29, 0.717) is 11.8 Å². The van der Waals surface area contributed by atoms with Gasteiger partial charge in [-0.15, -0.1) is 0 Å². The highest BCUT2D eigenvalue weighted by molar-refractivity contribution is 6.30. The predicted octanol–water partition coefficient (Wildman–Crippen LogP) is 10.0. The number of anilines is 2. The van der Waals surface area contributed by atoms with E-state index >= 15 is 0 Å². The van der Waals surface area contributed by atoms with Gasteiger partial charge in [-0.2, -0.15) is 0 Å². The van der Waals surface area contributed by atoms with Crippen LogP contribution in [-0.4, -0.2) is 35.6 Å². The molecule has 0 radical (unpaired) electrons. The molecular formula is C39H51ClN4O. The first-order chi connectivity index (χ1) is 21.8. The minimum absolute atomic E-state index is 0.0181. The first-order valence-corrected chi connectivity index (χ1v) is 17.2. The Morgan fingerprint density at radius 2 is 1.47 bits per heavy atom. The smallest absolute Gasteiger partial charge is 0.220 e. The first kappa shape index (κ1) is 33.1. The van der Waals surface area contributed by atoms with E-state index in [1.54, 1.807) is 0 Å². The zero-order chi connectivity index (χ0) is 31.8. The second-order valence-corrected chi connectivity index (χ2v) is 13.8. The van der Waals surface area contributed by atoms with Crippen molar-refractivity contribution >= 4 is 23.2 Å². The molecular weight excluding hydrogens is 576 g/mol. The molecule has 1 aromatic heterocycles. The molecule has 1 atom stereocenters. The second-order valence-electron chi connectivity index (χ2n) is 13.4. The lowest BCUT2D eigenvalue weighted by Gasteiger charge is -2.41. The van der Waals surface area contributed by atoms with E-state index < -0.39 is 0 Å².